The van der Waals surface area contributed by atoms with E-state index in [4.69, 9.17) is 0 Å². The SMILES string of the molecule is Cc1cc(C(=O)Nc2nnc(C(C)C)s2)c2cnn(Cc3cccs3)c2n1. The van der Waals surface area contributed by atoms with Crippen LogP contribution in [0, 0.1) is 6.92 Å². The van der Waals surface area contributed by atoms with Crippen LogP contribution >= 0.6 is 22.7 Å². The van der Waals surface area contributed by atoms with Gasteiger partial charge in [-0.3, -0.25) is 10.1 Å². The molecule has 0 saturated carbocycles. The topological polar surface area (TPSA) is 85.6 Å². The third-order valence-corrected chi connectivity index (χ3v) is 6.02. The first-order valence-electron chi connectivity index (χ1n) is 8.51. The molecule has 7 nitrogen and oxygen atoms in total. The van der Waals surface area contributed by atoms with E-state index >= 15 is 0 Å². The molecule has 1 amide bonds. The lowest BCUT2D eigenvalue weighted by molar-refractivity contribution is 0.102. The van der Waals surface area contributed by atoms with Gasteiger partial charge in [0.15, 0.2) is 5.65 Å². The molecule has 138 valence electrons. The smallest absolute Gasteiger partial charge is 0.258 e. The Hall–Kier alpha value is -2.65. The van der Waals surface area contributed by atoms with Crippen LogP contribution in [0.15, 0.2) is 29.8 Å². The summed E-state index contributed by atoms with van der Waals surface area (Å²) in [4.78, 5) is 18.6. The standard InChI is InChI=1S/C18H18N6OS2/c1-10(2)17-22-23-18(27-17)21-16(25)13-7-11(3)20-15-14(13)8-19-24(15)9-12-5-4-6-26-12/h4-8,10H,9H2,1-3H3,(H,21,23,25). The van der Waals surface area contributed by atoms with Gasteiger partial charge in [0.1, 0.15) is 5.01 Å². The predicted molar refractivity (Wildman–Crippen MR) is 108 cm³/mol. The van der Waals surface area contributed by atoms with Crippen molar-refractivity contribution in [3.8, 4) is 0 Å². The highest BCUT2D eigenvalue weighted by Gasteiger charge is 2.18. The summed E-state index contributed by atoms with van der Waals surface area (Å²) in [6.07, 6.45) is 1.70. The van der Waals surface area contributed by atoms with Crippen molar-refractivity contribution in [3.05, 3.63) is 50.9 Å². The average Bonchev–Trinajstić information content (AvgIpc) is 3.36. The Labute approximate surface area is 164 Å². The third kappa shape index (κ3) is 3.60. The number of aromatic nitrogens is 5. The Morgan fingerprint density at radius 3 is 2.89 bits per heavy atom. The molecule has 4 aromatic rings. The molecule has 0 radical (unpaired) electrons. The Morgan fingerprint density at radius 2 is 2.19 bits per heavy atom. The Morgan fingerprint density at radius 1 is 1.33 bits per heavy atom. The zero-order chi connectivity index (χ0) is 19.0. The van der Waals surface area contributed by atoms with E-state index in [2.05, 4.69) is 31.7 Å². The number of nitrogens with one attached hydrogen (secondary N) is 1. The fraction of sp³-hybridized carbons (Fsp3) is 0.278. The summed E-state index contributed by atoms with van der Waals surface area (Å²) in [5.74, 6) is 0.0474. The maximum atomic E-state index is 12.9. The molecule has 0 fully saturated rings. The summed E-state index contributed by atoms with van der Waals surface area (Å²) in [5, 5.41) is 19.6. The van der Waals surface area contributed by atoms with Crippen LogP contribution in [-0.4, -0.2) is 30.9 Å². The number of anilines is 1. The lowest BCUT2D eigenvalue weighted by Gasteiger charge is -2.06. The number of carbonyl (C=O) groups excluding carboxylic acids is 1. The van der Waals surface area contributed by atoms with E-state index in [0.717, 1.165) is 16.1 Å². The van der Waals surface area contributed by atoms with Crippen LogP contribution in [0.2, 0.25) is 0 Å². The lowest BCUT2D eigenvalue weighted by atomic mass is 10.1. The van der Waals surface area contributed by atoms with Gasteiger partial charge in [-0.05, 0) is 24.4 Å². The normalized spacial score (nSPS) is 11.4. The summed E-state index contributed by atoms with van der Waals surface area (Å²) < 4.78 is 1.83. The van der Waals surface area contributed by atoms with E-state index < -0.39 is 0 Å². The van der Waals surface area contributed by atoms with Crippen molar-refractivity contribution in [2.45, 2.75) is 33.2 Å². The zero-order valence-electron chi connectivity index (χ0n) is 15.1. The first-order chi connectivity index (χ1) is 13.0. The quantitative estimate of drug-likeness (QED) is 0.547. The molecule has 0 aliphatic rings. The number of carbonyl (C=O) groups is 1. The van der Waals surface area contributed by atoms with Gasteiger partial charge in [0.05, 0.1) is 23.7 Å². The molecule has 0 aliphatic heterocycles. The molecule has 1 N–H and O–H groups in total. The van der Waals surface area contributed by atoms with Gasteiger partial charge in [-0.2, -0.15) is 5.10 Å². The molecule has 0 unspecified atom stereocenters. The van der Waals surface area contributed by atoms with Gasteiger partial charge in [-0.25, -0.2) is 9.67 Å². The molecular formula is C18H18N6OS2. The molecule has 0 saturated heterocycles. The van der Waals surface area contributed by atoms with Gasteiger partial charge in [-0.1, -0.05) is 31.3 Å². The van der Waals surface area contributed by atoms with Crippen LogP contribution in [-0.2, 0) is 6.54 Å². The molecule has 0 aromatic carbocycles. The van der Waals surface area contributed by atoms with Crippen LogP contribution in [0.5, 0.6) is 0 Å². The van der Waals surface area contributed by atoms with Crippen molar-refractivity contribution in [1.82, 2.24) is 25.0 Å². The maximum Gasteiger partial charge on any atom is 0.258 e. The summed E-state index contributed by atoms with van der Waals surface area (Å²) in [5.41, 5.74) is 2.01. The van der Waals surface area contributed by atoms with Crippen molar-refractivity contribution < 1.29 is 4.79 Å². The van der Waals surface area contributed by atoms with Crippen LogP contribution in [0.4, 0.5) is 5.13 Å². The number of rotatable bonds is 5. The average molecular weight is 399 g/mol. The molecule has 0 spiro atoms. The fourth-order valence-corrected chi connectivity index (χ4v) is 4.14. The highest BCUT2D eigenvalue weighted by molar-refractivity contribution is 7.15. The molecule has 9 heteroatoms. The van der Waals surface area contributed by atoms with Crippen molar-refractivity contribution in [2.75, 3.05) is 5.32 Å². The second-order valence-corrected chi connectivity index (χ2v) is 8.53. The van der Waals surface area contributed by atoms with E-state index in [1.165, 1.54) is 16.2 Å². The van der Waals surface area contributed by atoms with Crippen LogP contribution < -0.4 is 5.32 Å². The largest absolute Gasteiger partial charge is 0.296 e. The number of aryl methyl sites for hydroxylation is 1. The fourth-order valence-electron chi connectivity index (χ4n) is 2.71. The Bertz CT molecular complexity index is 1100. The summed E-state index contributed by atoms with van der Waals surface area (Å²) in [6, 6.07) is 5.85. The van der Waals surface area contributed by atoms with Gasteiger partial charge < -0.3 is 0 Å². The Kier molecular flexibility index (Phi) is 4.71. The Balaban J connectivity index is 1.66. The number of pyridine rings is 1. The summed E-state index contributed by atoms with van der Waals surface area (Å²) in [7, 11) is 0. The predicted octanol–water partition coefficient (Wildman–Crippen LogP) is 4.08. The van der Waals surface area contributed by atoms with Gasteiger partial charge in [0, 0.05) is 16.5 Å². The van der Waals surface area contributed by atoms with Crippen molar-refractivity contribution in [2.24, 2.45) is 0 Å². The molecule has 4 heterocycles. The van der Waals surface area contributed by atoms with Crippen molar-refractivity contribution >= 4 is 44.7 Å². The molecule has 4 aromatic heterocycles. The molecular weight excluding hydrogens is 380 g/mol. The maximum absolute atomic E-state index is 12.9. The number of thiophene rings is 1. The second kappa shape index (κ2) is 7.16. The minimum Gasteiger partial charge on any atom is -0.296 e. The van der Waals surface area contributed by atoms with Crippen molar-refractivity contribution in [1.29, 1.82) is 0 Å². The number of hydrogen-bond acceptors (Lipinski definition) is 7. The van der Waals surface area contributed by atoms with Crippen LogP contribution in [0.3, 0.4) is 0 Å². The minimum atomic E-state index is -0.229. The highest BCUT2D eigenvalue weighted by Crippen LogP contribution is 2.25. The molecule has 0 bridgehead atoms. The molecule has 0 aliphatic carbocycles. The number of fused-ring (bicyclic) bond motifs is 1. The van der Waals surface area contributed by atoms with E-state index in [1.54, 1.807) is 23.6 Å². The van der Waals surface area contributed by atoms with Gasteiger partial charge in [0.25, 0.3) is 5.91 Å². The molecule has 4 rings (SSSR count). The summed E-state index contributed by atoms with van der Waals surface area (Å²) >= 11 is 3.06. The van der Waals surface area contributed by atoms with E-state index in [1.807, 2.05) is 36.9 Å². The highest BCUT2D eigenvalue weighted by atomic mass is 32.1. The minimum absolute atomic E-state index is 0.229. The zero-order valence-corrected chi connectivity index (χ0v) is 16.8. The first-order valence-corrected chi connectivity index (χ1v) is 10.2. The van der Waals surface area contributed by atoms with Crippen molar-refractivity contribution in [3.63, 3.8) is 0 Å². The monoisotopic (exact) mass is 398 g/mol. The number of hydrogen-bond donors (Lipinski definition) is 1. The lowest BCUT2D eigenvalue weighted by Crippen LogP contribution is -2.13. The molecule has 0 atom stereocenters. The number of amides is 1. The number of nitrogens with zero attached hydrogens (tertiary/aromatic N) is 5. The van der Waals surface area contributed by atoms with Gasteiger partial charge in [0.2, 0.25) is 5.13 Å². The first kappa shape index (κ1) is 17.7. The van der Waals surface area contributed by atoms with E-state index in [9.17, 15) is 4.79 Å². The molecule has 27 heavy (non-hydrogen) atoms. The van der Waals surface area contributed by atoms with E-state index in [-0.39, 0.29) is 11.8 Å². The van der Waals surface area contributed by atoms with Crippen LogP contribution in [0.25, 0.3) is 11.0 Å². The second-order valence-electron chi connectivity index (χ2n) is 6.48. The van der Waals surface area contributed by atoms with E-state index in [0.29, 0.717) is 22.9 Å². The van der Waals surface area contributed by atoms with Gasteiger partial charge in [-0.15, -0.1) is 21.5 Å². The van der Waals surface area contributed by atoms with Gasteiger partial charge >= 0.3 is 0 Å². The third-order valence-electron chi connectivity index (χ3n) is 4.02. The van der Waals surface area contributed by atoms with Crippen LogP contribution in [0.1, 0.15) is 45.7 Å². The summed E-state index contributed by atoms with van der Waals surface area (Å²) in [6.45, 7) is 6.60.